The summed E-state index contributed by atoms with van der Waals surface area (Å²) in [7, 11) is 0. The topological polar surface area (TPSA) is 49.4 Å². The monoisotopic (exact) mass is 364 g/mol. The second kappa shape index (κ2) is 6.82. The molecule has 5 heteroatoms. The SMILES string of the molecule is O=C(Nc1ccccc1Br)C1CC(=O)N(C2CCCCC2)C1. The Kier molecular flexibility index (Phi) is 4.81. The van der Waals surface area contributed by atoms with Gasteiger partial charge in [-0.05, 0) is 40.9 Å². The lowest BCUT2D eigenvalue weighted by Gasteiger charge is -2.31. The molecule has 1 saturated carbocycles. The molecule has 2 amide bonds. The van der Waals surface area contributed by atoms with Crippen LogP contribution in [0.5, 0.6) is 0 Å². The van der Waals surface area contributed by atoms with E-state index in [1.165, 1.54) is 19.3 Å². The van der Waals surface area contributed by atoms with Crippen molar-refractivity contribution in [2.45, 2.75) is 44.6 Å². The number of nitrogens with one attached hydrogen (secondary N) is 1. The van der Waals surface area contributed by atoms with Gasteiger partial charge in [-0.25, -0.2) is 0 Å². The van der Waals surface area contributed by atoms with Crippen LogP contribution in [0, 0.1) is 5.92 Å². The van der Waals surface area contributed by atoms with Crippen LogP contribution in [0.15, 0.2) is 28.7 Å². The third kappa shape index (κ3) is 3.35. The van der Waals surface area contributed by atoms with Gasteiger partial charge >= 0.3 is 0 Å². The van der Waals surface area contributed by atoms with Crippen LogP contribution >= 0.6 is 15.9 Å². The number of carbonyl (C=O) groups is 2. The number of halogens is 1. The molecule has 1 atom stereocenters. The van der Waals surface area contributed by atoms with E-state index in [4.69, 9.17) is 0 Å². The van der Waals surface area contributed by atoms with Crippen LogP contribution in [-0.2, 0) is 9.59 Å². The summed E-state index contributed by atoms with van der Waals surface area (Å²) < 4.78 is 0.858. The zero-order valence-electron chi connectivity index (χ0n) is 12.6. The molecule has 22 heavy (non-hydrogen) atoms. The lowest BCUT2D eigenvalue weighted by Crippen LogP contribution is -2.38. The lowest BCUT2D eigenvalue weighted by molar-refractivity contribution is -0.130. The molecule has 0 spiro atoms. The van der Waals surface area contributed by atoms with Crippen LogP contribution in [0.2, 0.25) is 0 Å². The van der Waals surface area contributed by atoms with Crippen molar-refractivity contribution in [3.8, 4) is 0 Å². The predicted octanol–water partition coefficient (Wildman–Crippen LogP) is 3.57. The van der Waals surface area contributed by atoms with Crippen molar-refractivity contribution in [2.24, 2.45) is 5.92 Å². The molecule has 2 aliphatic rings. The second-order valence-corrected chi connectivity index (χ2v) is 7.06. The highest BCUT2D eigenvalue weighted by atomic mass is 79.9. The van der Waals surface area contributed by atoms with Gasteiger partial charge in [0.25, 0.3) is 0 Å². The molecule has 0 radical (unpaired) electrons. The Balaban J connectivity index is 1.62. The van der Waals surface area contributed by atoms with Gasteiger partial charge in [0.05, 0.1) is 11.6 Å². The Morgan fingerprint density at radius 3 is 2.64 bits per heavy atom. The number of rotatable bonds is 3. The van der Waals surface area contributed by atoms with Crippen LogP contribution in [0.3, 0.4) is 0 Å². The zero-order valence-corrected chi connectivity index (χ0v) is 14.1. The summed E-state index contributed by atoms with van der Waals surface area (Å²) >= 11 is 3.43. The van der Waals surface area contributed by atoms with Crippen LogP contribution in [0.1, 0.15) is 38.5 Å². The Bertz CT molecular complexity index is 570. The molecule has 118 valence electrons. The predicted molar refractivity (Wildman–Crippen MR) is 89.5 cm³/mol. The summed E-state index contributed by atoms with van der Waals surface area (Å²) in [5.41, 5.74) is 0.760. The van der Waals surface area contributed by atoms with E-state index in [9.17, 15) is 9.59 Å². The molecule has 1 unspecified atom stereocenters. The first kappa shape index (κ1) is 15.5. The quantitative estimate of drug-likeness (QED) is 0.890. The van der Waals surface area contributed by atoms with Crippen molar-refractivity contribution in [1.82, 2.24) is 4.90 Å². The smallest absolute Gasteiger partial charge is 0.229 e. The largest absolute Gasteiger partial charge is 0.339 e. The van der Waals surface area contributed by atoms with Gasteiger partial charge in [-0.3, -0.25) is 9.59 Å². The number of benzene rings is 1. The molecule has 1 saturated heterocycles. The zero-order chi connectivity index (χ0) is 15.5. The second-order valence-electron chi connectivity index (χ2n) is 6.21. The van der Waals surface area contributed by atoms with Gasteiger partial charge in [-0.15, -0.1) is 0 Å². The number of likely N-dealkylation sites (tertiary alicyclic amines) is 1. The summed E-state index contributed by atoms with van der Waals surface area (Å²) in [6.07, 6.45) is 6.18. The van der Waals surface area contributed by atoms with E-state index in [-0.39, 0.29) is 17.7 Å². The van der Waals surface area contributed by atoms with Gasteiger partial charge in [-0.2, -0.15) is 0 Å². The van der Waals surface area contributed by atoms with Crippen LogP contribution in [-0.4, -0.2) is 29.3 Å². The molecule has 3 rings (SSSR count). The first-order chi connectivity index (χ1) is 10.6. The van der Waals surface area contributed by atoms with E-state index >= 15 is 0 Å². The van der Waals surface area contributed by atoms with Gasteiger partial charge in [-0.1, -0.05) is 31.4 Å². The van der Waals surface area contributed by atoms with Crippen molar-refractivity contribution in [2.75, 3.05) is 11.9 Å². The Morgan fingerprint density at radius 2 is 1.91 bits per heavy atom. The molecule has 0 bridgehead atoms. The molecule has 1 N–H and O–H groups in total. The fourth-order valence-corrected chi connectivity index (χ4v) is 3.83. The number of nitrogens with zero attached hydrogens (tertiary/aromatic N) is 1. The number of hydrogen-bond donors (Lipinski definition) is 1. The molecule has 1 aliphatic carbocycles. The van der Waals surface area contributed by atoms with Crippen molar-refractivity contribution in [3.05, 3.63) is 28.7 Å². The minimum atomic E-state index is -0.235. The highest BCUT2D eigenvalue weighted by Crippen LogP contribution is 2.30. The van der Waals surface area contributed by atoms with Crippen LogP contribution in [0.4, 0.5) is 5.69 Å². The fraction of sp³-hybridized carbons (Fsp3) is 0.529. The average molecular weight is 365 g/mol. The first-order valence-electron chi connectivity index (χ1n) is 8.00. The van der Waals surface area contributed by atoms with Gasteiger partial charge in [0.15, 0.2) is 0 Å². The third-order valence-corrected chi connectivity index (χ3v) is 5.37. The van der Waals surface area contributed by atoms with Gasteiger partial charge in [0.1, 0.15) is 0 Å². The van der Waals surface area contributed by atoms with Gasteiger partial charge < -0.3 is 10.2 Å². The van der Waals surface area contributed by atoms with Crippen molar-refractivity contribution in [1.29, 1.82) is 0 Å². The summed E-state index contributed by atoms with van der Waals surface area (Å²) in [4.78, 5) is 26.6. The standard InChI is InChI=1S/C17H21BrN2O2/c18-14-8-4-5-9-15(14)19-17(22)12-10-16(21)20(11-12)13-6-2-1-3-7-13/h4-5,8-9,12-13H,1-3,6-7,10-11H2,(H,19,22). The molecule has 2 fully saturated rings. The normalized spacial score (nSPS) is 22.9. The molecular formula is C17H21BrN2O2. The van der Waals surface area contributed by atoms with E-state index in [0.717, 1.165) is 23.0 Å². The summed E-state index contributed by atoms with van der Waals surface area (Å²) in [6.45, 7) is 0.569. The highest BCUT2D eigenvalue weighted by molar-refractivity contribution is 9.10. The summed E-state index contributed by atoms with van der Waals surface area (Å²) in [5.74, 6) is -0.153. The van der Waals surface area contributed by atoms with Crippen LogP contribution < -0.4 is 5.32 Å². The van der Waals surface area contributed by atoms with E-state index in [0.29, 0.717) is 19.0 Å². The third-order valence-electron chi connectivity index (χ3n) is 4.68. The number of amides is 2. The number of para-hydroxylation sites is 1. The fourth-order valence-electron chi connectivity index (χ4n) is 3.45. The number of anilines is 1. The first-order valence-corrected chi connectivity index (χ1v) is 8.79. The molecule has 1 aromatic rings. The summed E-state index contributed by atoms with van der Waals surface area (Å²) in [6, 6.07) is 7.89. The van der Waals surface area contributed by atoms with E-state index < -0.39 is 0 Å². The highest BCUT2D eigenvalue weighted by Gasteiger charge is 2.38. The maximum atomic E-state index is 12.4. The van der Waals surface area contributed by atoms with Gasteiger partial charge in [0.2, 0.25) is 11.8 Å². The Labute approximate surface area is 139 Å². The van der Waals surface area contributed by atoms with Crippen LogP contribution in [0.25, 0.3) is 0 Å². The molecule has 1 heterocycles. The van der Waals surface area contributed by atoms with E-state index in [1.54, 1.807) is 0 Å². The maximum absolute atomic E-state index is 12.4. The Hall–Kier alpha value is -1.36. The molecule has 1 aliphatic heterocycles. The van der Waals surface area contributed by atoms with Gasteiger partial charge in [0, 0.05) is 23.5 Å². The van der Waals surface area contributed by atoms with E-state index in [1.807, 2.05) is 29.2 Å². The minimum absolute atomic E-state index is 0.0569. The lowest BCUT2D eigenvalue weighted by atomic mass is 9.94. The Morgan fingerprint density at radius 1 is 1.18 bits per heavy atom. The number of hydrogen-bond acceptors (Lipinski definition) is 2. The van der Waals surface area contributed by atoms with E-state index in [2.05, 4.69) is 21.2 Å². The molecule has 1 aromatic carbocycles. The van der Waals surface area contributed by atoms with Crippen molar-refractivity contribution >= 4 is 33.4 Å². The molecular weight excluding hydrogens is 344 g/mol. The van der Waals surface area contributed by atoms with Crippen molar-refractivity contribution < 1.29 is 9.59 Å². The average Bonchev–Trinajstić information content (AvgIpc) is 2.92. The number of carbonyl (C=O) groups excluding carboxylic acids is 2. The summed E-state index contributed by atoms with van der Waals surface area (Å²) in [5, 5.41) is 2.93. The van der Waals surface area contributed by atoms with Crippen molar-refractivity contribution in [3.63, 3.8) is 0 Å². The maximum Gasteiger partial charge on any atom is 0.229 e. The molecule has 0 aromatic heterocycles. The molecule has 4 nitrogen and oxygen atoms in total. The minimum Gasteiger partial charge on any atom is -0.339 e.